The molecule has 0 unspecified atom stereocenters. The van der Waals surface area contributed by atoms with Gasteiger partial charge in [-0.05, 0) is 25.1 Å². The zero-order valence-corrected chi connectivity index (χ0v) is 16.1. The minimum Gasteiger partial charge on any atom is -0.496 e. The van der Waals surface area contributed by atoms with Crippen LogP contribution in [0.15, 0.2) is 54.6 Å². The van der Waals surface area contributed by atoms with Crippen molar-refractivity contribution in [2.75, 3.05) is 7.11 Å². The van der Waals surface area contributed by atoms with E-state index in [-0.39, 0.29) is 0 Å². The van der Waals surface area contributed by atoms with E-state index in [9.17, 15) is 0 Å². The number of aromatic amines is 1. The van der Waals surface area contributed by atoms with E-state index in [1.54, 1.807) is 11.6 Å². The van der Waals surface area contributed by atoms with Crippen molar-refractivity contribution in [1.29, 1.82) is 0 Å². The Hall–Kier alpha value is -3.52. The Morgan fingerprint density at radius 2 is 1.86 bits per heavy atom. The van der Waals surface area contributed by atoms with E-state index in [1.165, 1.54) is 16.9 Å². The maximum absolute atomic E-state index is 5.45. The van der Waals surface area contributed by atoms with E-state index in [0.29, 0.717) is 10.8 Å². The van der Waals surface area contributed by atoms with Crippen molar-refractivity contribution in [3.05, 3.63) is 60.2 Å². The summed E-state index contributed by atoms with van der Waals surface area (Å²) in [5.74, 6) is 1.40. The fourth-order valence-corrected chi connectivity index (χ4v) is 3.89. The number of aromatic nitrogens is 6. The number of hydrogen-bond donors (Lipinski definition) is 1. The summed E-state index contributed by atoms with van der Waals surface area (Å²) in [7, 11) is 1.65. The normalized spacial score (nSPS) is 11.2. The maximum Gasteiger partial charge on any atom is 0.235 e. The first kappa shape index (κ1) is 16.6. The molecule has 8 heteroatoms. The number of H-pyrrole nitrogens is 1. The SMILES string of the molecule is COc1ccccc1-c1nn2c(-c3cc(-c4ccc(C)cc4)n[nH]3)nnc2s1. The van der Waals surface area contributed by atoms with E-state index in [4.69, 9.17) is 9.84 Å². The van der Waals surface area contributed by atoms with Gasteiger partial charge in [0.25, 0.3) is 0 Å². The van der Waals surface area contributed by atoms with Crippen LogP contribution in [0.4, 0.5) is 0 Å². The van der Waals surface area contributed by atoms with Gasteiger partial charge in [-0.1, -0.05) is 53.3 Å². The smallest absolute Gasteiger partial charge is 0.235 e. The zero-order chi connectivity index (χ0) is 19.1. The van der Waals surface area contributed by atoms with E-state index in [2.05, 4.69) is 51.6 Å². The number of nitrogens with one attached hydrogen (secondary N) is 1. The number of rotatable bonds is 4. The Labute approximate surface area is 164 Å². The molecule has 0 aliphatic heterocycles. The Morgan fingerprint density at radius 1 is 1.04 bits per heavy atom. The van der Waals surface area contributed by atoms with Crippen LogP contribution in [0.3, 0.4) is 0 Å². The molecule has 2 aromatic carbocycles. The first-order valence-electron chi connectivity index (χ1n) is 8.71. The van der Waals surface area contributed by atoms with Crippen LogP contribution < -0.4 is 4.74 Å². The molecule has 28 heavy (non-hydrogen) atoms. The highest BCUT2D eigenvalue weighted by molar-refractivity contribution is 7.19. The molecule has 0 atom stereocenters. The molecule has 3 heterocycles. The molecule has 0 aliphatic rings. The van der Waals surface area contributed by atoms with Crippen LogP contribution in [0.25, 0.3) is 38.3 Å². The molecule has 0 aliphatic carbocycles. The van der Waals surface area contributed by atoms with Crippen molar-refractivity contribution in [3.63, 3.8) is 0 Å². The number of fused-ring (bicyclic) bond motifs is 1. The molecule has 138 valence electrons. The van der Waals surface area contributed by atoms with Crippen molar-refractivity contribution < 1.29 is 4.74 Å². The molecule has 7 nitrogen and oxygen atoms in total. The summed E-state index contributed by atoms with van der Waals surface area (Å²) >= 11 is 1.46. The second kappa shape index (κ2) is 6.58. The highest BCUT2D eigenvalue weighted by Crippen LogP contribution is 2.33. The van der Waals surface area contributed by atoms with E-state index >= 15 is 0 Å². The lowest BCUT2D eigenvalue weighted by atomic mass is 10.1. The van der Waals surface area contributed by atoms with Crippen LogP contribution in [0, 0.1) is 6.92 Å². The Morgan fingerprint density at radius 3 is 2.68 bits per heavy atom. The Bertz CT molecular complexity index is 1270. The van der Waals surface area contributed by atoms with Crippen LogP contribution >= 0.6 is 11.3 Å². The monoisotopic (exact) mass is 388 g/mol. The minimum absolute atomic E-state index is 0.623. The van der Waals surface area contributed by atoms with E-state index < -0.39 is 0 Å². The quantitative estimate of drug-likeness (QED) is 0.498. The van der Waals surface area contributed by atoms with Crippen molar-refractivity contribution in [1.82, 2.24) is 30.0 Å². The van der Waals surface area contributed by atoms with Gasteiger partial charge in [-0.2, -0.15) is 14.7 Å². The molecule has 3 aromatic heterocycles. The topological polar surface area (TPSA) is 81.0 Å². The van der Waals surface area contributed by atoms with Gasteiger partial charge >= 0.3 is 0 Å². The fraction of sp³-hybridized carbons (Fsp3) is 0.100. The second-order valence-electron chi connectivity index (χ2n) is 6.36. The van der Waals surface area contributed by atoms with Crippen molar-refractivity contribution >= 4 is 16.3 Å². The fourth-order valence-electron chi connectivity index (χ4n) is 3.02. The summed E-state index contributed by atoms with van der Waals surface area (Å²) in [5, 5.41) is 21.6. The van der Waals surface area contributed by atoms with Gasteiger partial charge in [0.1, 0.15) is 11.4 Å². The summed E-state index contributed by atoms with van der Waals surface area (Å²) in [6.07, 6.45) is 0. The summed E-state index contributed by atoms with van der Waals surface area (Å²) in [4.78, 5) is 0.711. The summed E-state index contributed by atoms with van der Waals surface area (Å²) in [5.41, 5.74) is 4.80. The van der Waals surface area contributed by atoms with E-state index in [1.807, 2.05) is 30.3 Å². The highest BCUT2D eigenvalue weighted by atomic mass is 32.1. The number of para-hydroxylation sites is 1. The molecule has 1 N–H and O–H groups in total. The van der Waals surface area contributed by atoms with Gasteiger partial charge in [0, 0.05) is 5.56 Å². The third-order valence-electron chi connectivity index (χ3n) is 4.49. The summed E-state index contributed by atoms with van der Waals surface area (Å²) in [6.45, 7) is 2.06. The van der Waals surface area contributed by atoms with E-state index in [0.717, 1.165) is 33.3 Å². The molecule has 0 bridgehead atoms. The van der Waals surface area contributed by atoms with Gasteiger partial charge in [0.2, 0.25) is 10.8 Å². The lowest BCUT2D eigenvalue weighted by Gasteiger charge is -2.03. The molecule has 0 radical (unpaired) electrons. The standard InChI is InChI=1S/C20H16N6OS/c1-12-7-9-13(10-8-12)15-11-16(22-21-15)18-23-24-20-26(18)25-19(28-20)14-5-3-4-6-17(14)27-2/h3-11H,1-2H3,(H,21,22). The van der Waals surface area contributed by atoms with Gasteiger partial charge < -0.3 is 4.74 Å². The third-order valence-corrected chi connectivity index (χ3v) is 5.43. The van der Waals surface area contributed by atoms with Crippen molar-refractivity contribution in [2.45, 2.75) is 6.92 Å². The maximum atomic E-state index is 5.45. The zero-order valence-electron chi connectivity index (χ0n) is 15.2. The first-order chi connectivity index (χ1) is 13.7. The van der Waals surface area contributed by atoms with Gasteiger partial charge in [-0.25, -0.2) is 0 Å². The summed E-state index contributed by atoms with van der Waals surface area (Å²) in [6, 6.07) is 18.0. The Kier molecular flexibility index (Phi) is 3.91. The number of ether oxygens (including phenoxy) is 1. The molecule has 5 rings (SSSR count). The highest BCUT2D eigenvalue weighted by Gasteiger charge is 2.18. The number of hydrogen-bond acceptors (Lipinski definition) is 6. The molecule has 0 saturated heterocycles. The van der Waals surface area contributed by atoms with Gasteiger partial charge in [-0.3, -0.25) is 5.10 Å². The van der Waals surface area contributed by atoms with Crippen molar-refractivity contribution in [2.24, 2.45) is 0 Å². The molecule has 0 amide bonds. The number of benzene rings is 2. The first-order valence-corrected chi connectivity index (χ1v) is 9.53. The summed E-state index contributed by atoms with van der Waals surface area (Å²) < 4.78 is 7.19. The predicted octanol–water partition coefficient (Wildman–Crippen LogP) is 4.23. The van der Waals surface area contributed by atoms with Gasteiger partial charge in [0.15, 0.2) is 5.01 Å². The number of methoxy groups -OCH3 is 1. The second-order valence-corrected chi connectivity index (χ2v) is 7.31. The minimum atomic E-state index is 0.623. The van der Waals surface area contributed by atoms with Gasteiger partial charge in [0.05, 0.1) is 18.4 Å². The van der Waals surface area contributed by atoms with Crippen LogP contribution in [0.1, 0.15) is 5.56 Å². The largest absolute Gasteiger partial charge is 0.496 e. The average Bonchev–Trinajstić information content (AvgIpc) is 3.44. The van der Waals surface area contributed by atoms with Crippen molar-refractivity contribution in [3.8, 4) is 39.1 Å². The van der Waals surface area contributed by atoms with Crippen LogP contribution in [-0.4, -0.2) is 37.1 Å². The van der Waals surface area contributed by atoms with Crippen LogP contribution in [0.2, 0.25) is 0 Å². The van der Waals surface area contributed by atoms with Crippen LogP contribution in [0.5, 0.6) is 5.75 Å². The average molecular weight is 388 g/mol. The third kappa shape index (κ3) is 2.74. The van der Waals surface area contributed by atoms with Crippen LogP contribution in [-0.2, 0) is 0 Å². The molecular formula is C20H16N6OS. The predicted molar refractivity (Wildman–Crippen MR) is 108 cm³/mol. The molecule has 5 aromatic rings. The lowest BCUT2D eigenvalue weighted by Crippen LogP contribution is -1.92. The molecule has 0 fully saturated rings. The molecular weight excluding hydrogens is 372 g/mol. The lowest BCUT2D eigenvalue weighted by molar-refractivity contribution is 0.416. The Balaban J connectivity index is 1.55. The number of aryl methyl sites for hydroxylation is 1. The molecule has 0 saturated carbocycles. The van der Waals surface area contributed by atoms with Gasteiger partial charge in [-0.15, -0.1) is 10.2 Å². The number of nitrogens with zero attached hydrogens (tertiary/aromatic N) is 5. The molecule has 0 spiro atoms.